The number of carbonyl (C=O) groups excluding carboxylic acids is 1. The highest BCUT2D eigenvalue weighted by molar-refractivity contribution is 6.40. The molecule has 2 heterocycles. The second-order valence-electron chi connectivity index (χ2n) is 9.91. The molecule has 1 aliphatic heterocycles. The summed E-state index contributed by atoms with van der Waals surface area (Å²) in [7, 11) is 0. The van der Waals surface area contributed by atoms with E-state index in [1.807, 2.05) is 55.5 Å². The van der Waals surface area contributed by atoms with Gasteiger partial charge in [0.25, 0.3) is 0 Å². The van der Waals surface area contributed by atoms with Gasteiger partial charge in [-0.25, -0.2) is 14.8 Å². The summed E-state index contributed by atoms with van der Waals surface area (Å²) in [6, 6.07) is 19.2. The fraction of sp³-hybridized carbons (Fsp3) is 0.290. The lowest BCUT2D eigenvalue weighted by Crippen LogP contribution is -2.33. The van der Waals surface area contributed by atoms with Crippen molar-refractivity contribution in [2.45, 2.75) is 33.8 Å². The summed E-state index contributed by atoms with van der Waals surface area (Å²) in [6.07, 6.45) is -0.158. The van der Waals surface area contributed by atoms with E-state index in [0.717, 1.165) is 22.3 Å². The number of rotatable bonds is 8. The Morgan fingerprint density at radius 3 is 2.38 bits per heavy atom. The second kappa shape index (κ2) is 11.8. The molecule has 0 radical (unpaired) electrons. The van der Waals surface area contributed by atoms with Gasteiger partial charge in [0, 0.05) is 16.6 Å². The highest BCUT2D eigenvalue weighted by Gasteiger charge is 2.39. The van der Waals surface area contributed by atoms with Gasteiger partial charge in [0.1, 0.15) is 24.2 Å². The highest BCUT2D eigenvalue weighted by Crippen LogP contribution is 2.35. The van der Waals surface area contributed by atoms with Crippen LogP contribution in [0.15, 0.2) is 65.8 Å². The van der Waals surface area contributed by atoms with E-state index < -0.39 is 5.97 Å². The van der Waals surface area contributed by atoms with Gasteiger partial charge >= 0.3 is 5.97 Å². The number of esters is 1. The Labute approximate surface area is 243 Å². The van der Waals surface area contributed by atoms with Crippen LogP contribution >= 0.6 is 23.2 Å². The Morgan fingerprint density at radius 2 is 1.70 bits per heavy atom. The zero-order chi connectivity index (χ0) is 28.4. The van der Waals surface area contributed by atoms with Crippen molar-refractivity contribution in [1.82, 2.24) is 9.97 Å². The quantitative estimate of drug-likeness (QED) is 0.201. The molecule has 7 nitrogen and oxygen atoms in total. The van der Waals surface area contributed by atoms with Crippen molar-refractivity contribution in [3.63, 3.8) is 0 Å². The van der Waals surface area contributed by atoms with Crippen LogP contribution in [0.25, 0.3) is 22.0 Å². The Hall–Kier alpha value is -3.68. The molecule has 0 fully saturated rings. The van der Waals surface area contributed by atoms with E-state index in [1.165, 1.54) is 0 Å². The zero-order valence-electron chi connectivity index (χ0n) is 22.7. The van der Waals surface area contributed by atoms with Crippen LogP contribution in [0.5, 0.6) is 5.75 Å². The molecule has 0 N–H and O–H groups in total. The fourth-order valence-corrected chi connectivity index (χ4v) is 5.42. The highest BCUT2D eigenvalue weighted by atomic mass is 35.5. The maximum atomic E-state index is 12.1. The predicted molar refractivity (Wildman–Crippen MR) is 157 cm³/mol. The average molecular weight is 578 g/mol. The smallest absolute Gasteiger partial charge is 0.376 e. The van der Waals surface area contributed by atoms with E-state index in [-0.39, 0.29) is 30.4 Å². The van der Waals surface area contributed by atoms with Gasteiger partial charge in [0.15, 0.2) is 0 Å². The molecule has 206 valence electrons. The van der Waals surface area contributed by atoms with E-state index in [9.17, 15) is 4.79 Å². The van der Waals surface area contributed by atoms with Crippen molar-refractivity contribution >= 4 is 45.8 Å². The summed E-state index contributed by atoms with van der Waals surface area (Å²) in [5.74, 6) is 0.345. The van der Waals surface area contributed by atoms with Crippen LogP contribution in [-0.4, -0.2) is 41.0 Å². The van der Waals surface area contributed by atoms with E-state index in [1.54, 1.807) is 19.1 Å². The first-order valence-electron chi connectivity index (χ1n) is 13.1. The van der Waals surface area contributed by atoms with E-state index in [2.05, 4.69) is 29.0 Å². The van der Waals surface area contributed by atoms with Crippen molar-refractivity contribution in [2.75, 3.05) is 13.2 Å². The van der Waals surface area contributed by atoms with Gasteiger partial charge in [0.2, 0.25) is 5.82 Å². The van der Waals surface area contributed by atoms with Crippen LogP contribution in [-0.2, 0) is 9.57 Å². The van der Waals surface area contributed by atoms with E-state index >= 15 is 0 Å². The number of aromatic nitrogens is 2. The lowest BCUT2D eigenvalue weighted by molar-refractivity contribution is 0.0178. The summed E-state index contributed by atoms with van der Waals surface area (Å²) >= 11 is 13.0. The molecule has 0 amide bonds. The molecule has 2 unspecified atom stereocenters. The monoisotopic (exact) mass is 577 g/mol. The number of ether oxygens (including phenoxy) is 2. The Bertz CT molecular complexity index is 1570. The van der Waals surface area contributed by atoms with Gasteiger partial charge in [-0.15, -0.1) is 0 Å². The third kappa shape index (κ3) is 5.62. The number of halogens is 2. The topological polar surface area (TPSA) is 82.9 Å². The minimum atomic E-state index is -0.524. The maximum Gasteiger partial charge on any atom is 0.376 e. The SMILES string of the molecule is CCOC(=O)c1nc(C)c2cc(-c3ccc(OCC4C(c5c(Cl)cccc5Cl)=NOC4C(C)C)cc3)ccc2n1. The second-order valence-corrected chi connectivity index (χ2v) is 10.7. The largest absolute Gasteiger partial charge is 0.493 e. The first-order valence-corrected chi connectivity index (χ1v) is 13.9. The summed E-state index contributed by atoms with van der Waals surface area (Å²) in [5, 5.41) is 6.30. The Kier molecular flexibility index (Phi) is 8.24. The number of hydrogen-bond donors (Lipinski definition) is 0. The van der Waals surface area contributed by atoms with Crippen molar-refractivity contribution in [3.05, 3.63) is 87.8 Å². The minimum Gasteiger partial charge on any atom is -0.493 e. The summed E-state index contributed by atoms with van der Waals surface area (Å²) < 4.78 is 11.3. The maximum absolute atomic E-state index is 12.1. The molecule has 1 aromatic heterocycles. The van der Waals surface area contributed by atoms with Gasteiger partial charge in [-0.1, -0.05) is 66.5 Å². The Balaban J connectivity index is 1.34. The first kappa shape index (κ1) is 27.9. The molecule has 0 saturated carbocycles. The van der Waals surface area contributed by atoms with Crippen molar-refractivity contribution in [1.29, 1.82) is 0 Å². The third-order valence-corrected chi connectivity index (χ3v) is 7.49. The van der Waals surface area contributed by atoms with E-state index in [0.29, 0.717) is 39.1 Å². The molecule has 0 bridgehead atoms. The molecule has 9 heteroatoms. The number of benzene rings is 3. The molecule has 3 aromatic carbocycles. The number of hydrogen-bond acceptors (Lipinski definition) is 7. The summed E-state index contributed by atoms with van der Waals surface area (Å²) in [5.41, 5.74) is 4.80. The van der Waals surface area contributed by atoms with Crippen LogP contribution in [0.2, 0.25) is 10.0 Å². The number of nitrogens with zero attached hydrogens (tertiary/aromatic N) is 3. The fourth-order valence-electron chi connectivity index (χ4n) is 4.83. The van der Waals surface area contributed by atoms with Gasteiger partial charge in [-0.05, 0) is 67.3 Å². The van der Waals surface area contributed by atoms with Gasteiger partial charge in [0.05, 0.1) is 28.1 Å². The van der Waals surface area contributed by atoms with Gasteiger partial charge < -0.3 is 14.3 Å². The number of fused-ring (bicyclic) bond motifs is 1. The molecule has 0 saturated heterocycles. The normalized spacial score (nSPS) is 16.6. The van der Waals surface area contributed by atoms with Crippen molar-refractivity contribution in [2.24, 2.45) is 17.0 Å². The molecule has 5 rings (SSSR count). The van der Waals surface area contributed by atoms with Crippen LogP contribution in [0.3, 0.4) is 0 Å². The summed E-state index contributed by atoms with van der Waals surface area (Å²) in [4.78, 5) is 26.6. The molecular formula is C31H29Cl2N3O4. The lowest BCUT2D eigenvalue weighted by atomic mass is 9.87. The molecule has 0 spiro atoms. The third-order valence-electron chi connectivity index (χ3n) is 6.86. The van der Waals surface area contributed by atoms with Crippen LogP contribution in [0.1, 0.15) is 42.6 Å². The summed E-state index contributed by atoms with van der Waals surface area (Å²) in [6.45, 7) is 8.42. The minimum absolute atomic E-state index is 0.0680. The van der Waals surface area contributed by atoms with Crippen LogP contribution in [0, 0.1) is 18.8 Å². The average Bonchev–Trinajstić information content (AvgIpc) is 3.36. The molecule has 2 atom stereocenters. The van der Waals surface area contributed by atoms with Gasteiger partial charge in [-0.3, -0.25) is 0 Å². The van der Waals surface area contributed by atoms with Crippen molar-refractivity contribution in [3.8, 4) is 16.9 Å². The standard InChI is InChI=1S/C31H29Cl2N3O4/c1-5-38-31(37)30-34-18(4)22-15-20(11-14-26(22)35-30)19-9-12-21(13-10-19)39-16-23-28(36-40-29(23)17(2)3)27-24(32)7-6-8-25(27)33/h6-15,17,23,29H,5,16H2,1-4H3. The first-order chi connectivity index (χ1) is 19.3. The number of oxime groups is 1. The van der Waals surface area contributed by atoms with Gasteiger partial charge in [-0.2, -0.15) is 0 Å². The Morgan fingerprint density at radius 1 is 1.00 bits per heavy atom. The zero-order valence-corrected chi connectivity index (χ0v) is 24.2. The molecule has 4 aromatic rings. The van der Waals surface area contributed by atoms with Crippen molar-refractivity contribution < 1.29 is 19.1 Å². The molecular weight excluding hydrogens is 549 g/mol. The van der Waals surface area contributed by atoms with Crippen LogP contribution in [0.4, 0.5) is 0 Å². The van der Waals surface area contributed by atoms with Crippen LogP contribution < -0.4 is 4.74 Å². The number of aryl methyl sites for hydroxylation is 1. The number of carbonyl (C=O) groups is 1. The molecule has 1 aliphatic rings. The molecule has 0 aliphatic carbocycles. The lowest BCUT2D eigenvalue weighted by Gasteiger charge is -2.23. The predicted octanol–water partition coefficient (Wildman–Crippen LogP) is 7.54. The molecule has 40 heavy (non-hydrogen) atoms. The van der Waals surface area contributed by atoms with E-state index in [4.69, 9.17) is 37.5 Å².